The summed E-state index contributed by atoms with van der Waals surface area (Å²) in [6.45, 7) is 6.61. The van der Waals surface area contributed by atoms with Crippen molar-refractivity contribution in [3.05, 3.63) is 41.8 Å². The number of nitrogens with zero attached hydrogens (tertiary/aromatic N) is 3. The van der Waals surface area contributed by atoms with E-state index in [9.17, 15) is 0 Å². The highest BCUT2D eigenvalue weighted by molar-refractivity contribution is 5.79. The van der Waals surface area contributed by atoms with E-state index in [0.717, 1.165) is 56.3 Å². The largest absolute Gasteiger partial charge is 0.444 e. The van der Waals surface area contributed by atoms with Crippen LogP contribution in [0.15, 0.2) is 39.9 Å². The maximum Gasteiger partial charge on any atom is 0.226 e. The van der Waals surface area contributed by atoms with Crippen LogP contribution in [0.2, 0.25) is 0 Å². The minimum Gasteiger partial charge on any atom is -0.444 e. The molecule has 28 heavy (non-hydrogen) atoms. The van der Waals surface area contributed by atoms with Gasteiger partial charge in [0, 0.05) is 45.4 Å². The number of guanidine groups is 1. The fourth-order valence-corrected chi connectivity index (χ4v) is 3.30. The first kappa shape index (κ1) is 20.4. The molecule has 1 aromatic carbocycles. The van der Waals surface area contributed by atoms with Gasteiger partial charge < -0.3 is 24.7 Å². The van der Waals surface area contributed by atoms with E-state index in [1.807, 2.05) is 12.1 Å². The van der Waals surface area contributed by atoms with Crippen molar-refractivity contribution in [3.8, 4) is 11.5 Å². The van der Waals surface area contributed by atoms with E-state index in [4.69, 9.17) is 9.15 Å². The number of rotatable bonds is 7. The Hall–Kier alpha value is -2.38. The predicted molar refractivity (Wildman–Crippen MR) is 111 cm³/mol. The number of piperidine rings is 1. The van der Waals surface area contributed by atoms with Gasteiger partial charge in [0.25, 0.3) is 0 Å². The van der Waals surface area contributed by atoms with Crippen LogP contribution >= 0.6 is 0 Å². The number of hydrogen-bond donors (Lipinski definition) is 2. The normalized spacial score (nSPS) is 16.3. The Morgan fingerprint density at radius 2 is 2.04 bits per heavy atom. The van der Waals surface area contributed by atoms with Crippen LogP contribution in [0.4, 0.5) is 0 Å². The van der Waals surface area contributed by atoms with E-state index >= 15 is 0 Å². The maximum atomic E-state index is 5.62. The summed E-state index contributed by atoms with van der Waals surface area (Å²) in [4.78, 5) is 11.4. The molecule has 3 rings (SSSR count). The van der Waals surface area contributed by atoms with Gasteiger partial charge in [0.15, 0.2) is 5.96 Å². The van der Waals surface area contributed by atoms with E-state index < -0.39 is 0 Å². The standard InChI is InChI=1S/C21H31N5O2/c1-16-4-6-17(7-5-16)20-24-19(15-28-20)14-23-21(22-2)25-18-8-10-26(11-9-18)12-13-27-3/h4-7,15,18H,8-14H2,1-3H3,(H2,22,23,25). The van der Waals surface area contributed by atoms with Crippen molar-refractivity contribution in [1.82, 2.24) is 20.5 Å². The fraction of sp³-hybridized carbons (Fsp3) is 0.524. The summed E-state index contributed by atoms with van der Waals surface area (Å²) in [6.07, 6.45) is 3.90. The summed E-state index contributed by atoms with van der Waals surface area (Å²) in [7, 11) is 3.55. The van der Waals surface area contributed by atoms with Gasteiger partial charge in [-0.1, -0.05) is 17.7 Å². The van der Waals surface area contributed by atoms with Crippen molar-refractivity contribution in [3.63, 3.8) is 0 Å². The molecule has 152 valence electrons. The van der Waals surface area contributed by atoms with Crippen molar-refractivity contribution in [2.45, 2.75) is 32.4 Å². The highest BCUT2D eigenvalue weighted by Crippen LogP contribution is 2.19. The van der Waals surface area contributed by atoms with Gasteiger partial charge in [-0.05, 0) is 31.9 Å². The Morgan fingerprint density at radius 3 is 2.71 bits per heavy atom. The van der Waals surface area contributed by atoms with Crippen LogP contribution in [-0.4, -0.2) is 62.3 Å². The number of ether oxygens (including phenoxy) is 1. The molecule has 7 nitrogen and oxygen atoms in total. The third-order valence-electron chi connectivity index (χ3n) is 5.05. The second kappa shape index (κ2) is 10.2. The van der Waals surface area contributed by atoms with E-state index in [1.54, 1.807) is 20.4 Å². The van der Waals surface area contributed by atoms with Gasteiger partial charge in [-0.25, -0.2) is 4.98 Å². The van der Waals surface area contributed by atoms with E-state index in [1.165, 1.54) is 5.56 Å². The first-order valence-corrected chi connectivity index (χ1v) is 9.88. The van der Waals surface area contributed by atoms with E-state index in [2.05, 4.69) is 44.6 Å². The van der Waals surface area contributed by atoms with Crippen molar-refractivity contribution < 1.29 is 9.15 Å². The third-order valence-corrected chi connectivity index (χ3v) is 5.05. The molecule has 0 atom stereocenters. The van der Waals surface area contributed by atoms with Gasteiger partial charge in [-0.15, -0.1) is 0 Å². The zero-order valence-corrected chi connectivity index (χ0v) is 17.1. The van der Waals surface area contributed by atoms with E-state index in [0.29, 0.717) is 18.5 Å². The monoisotopic (exact) mass is 385 g/mol. The third kappa shape index (κ3) is 5.81. The molecule has 1 fully saturated rings. The lowest BCUT2D eigenvalue weighted by molar-refractivity contribution is 0.128. The Labute approximate surface area is 167 Å². The smallest absolute Gasteiger partial charge is 0.226 e. The molecule has 1 aromatic heterocycles. The number of likely N-dealkylation sites (tertiary alicyclic amines) is 1. The molecule has 7 heteroatoms. The zero-order valence-electron chi connectivity index (χ0n) is 17.1. The van der Waals surface area contributed by atoms with Crippen LogP contribution in [0.5, 0.6) is 0 Å². The van der Waals surface area contributed by atoms with E-state index in [-0.39, 0.29) is 0 Å². The number of hydrogen-bond acceptors (Lipinski definition) is 5. The minimum atomic E-state index is 0.436. The number of benzene rings is 1. The first-order valence-electron chi connectivity index (χ1n) is 9.88. The van der Waals surface area contributed by atoms with Crippen molar-refractivity contribution in [2.75, 3.05) is 40.4 Å². The van der Waals surface area contributed by atoms with Crippen LogP contribution in [0.3, 0.4) is 0 Å². The lowest BCUT2D eigenvalue weighted by Crippen LogP contribution is -2.48. The number of oxazole rings is 1. The Kier molecular flexibility index (Phi) is 7.45. The molecular formula is C21H31N5O2. The highest BCUT2D eigenvalue weighted by Gasteiger charge is 2.19. The molecule has 1 aliphatic rings. The van der Waals surface area contributed by atoms with Crippen LogP contribution < -0.4 is 10.6 Å². The molecule has 2 N–H and O–H groups in total. The number of methoxy groups -OCH3 is 1. The number of aryl methyl sites for hydroxylation is 1. The molecule has 2 heterocycles. The van der Waals surface area contributed by atoms with Crippen LogP contribution in [0.1, 0.15) is 24.1 Å². The topological polar surface area (TPSA) is 74.9 Å². The molecule has 0 spiro atoms. The zero-order chi connectivity index (χ0) is 19.8. The minimum absolute atomic E-state index is 0.436. The first-order chi connectivity index (χ1) is 13.7. The Balaban J connectivity index is 1.45. The summed E-state index contributed by atoms with van der Waals surface area (Å²) < 4.78 is 10.8. The summed E-state index contributed by atoms with van der Waals surface area (Å²) in [6, 6.07) is 8.61. The van der Waals surface area contributed by atoms with Crippen LogP contribution in [0, 0.1) is 6.92 Å². The molecule has 1 aliphatic heterocycles. The van der Waals surface area contributed by atoms with Gasteiger partial charge in [0.1, 0.15) is 6.26 Å². The van der Waals surface area contributed by atoms with Gasteiger partial charge in [0.05, 0.1) is 18.8 Å². The predicted octanol–water partition coefficient (Wildman–Crippen LogP) is 2.43. The molecule has 0 amide bonds. The SMILES string of the molecule is CN=C(NCc1coc(-c2ccc(C)cc2)n1)NC1CCN(CCOC)CC1. The number of aromatic nitrogens is 1. The highest BCUT2D eigenvalue weighted by atomic mass is 16.5. The summed E-state index contributed by atoms with van der Waals surface area (Å²) in [5.41, 5.74) is 3.06. The van der Waals surface area contributed by atoms with Crippen LogP contribution in [-0.2, 0) is 11.3 Å². The Morgan fingerprint density at radius 1 is 1.29 bits per heavy atom. The Bertz CT molecular complexity index is 748. The van der Waals surface area contributed by atoms with Gasteiger partial charge >= 0.3 is 0 Å². The number of nitrogens with one attached hydrogen (secondary N) is 2. The molecular weight excluding hydrogens is 354 g/mol. The maximum absolute atomic E-state index is 5.62. The van der Waals surface area contributed by atoms with Crippen LogP contribution in [0.25, 0.3) is 11.5 Å². The summed E-state index contributed by atoms with van der Waals surface area (Å²) >= 11 is 0. The molecule has 0 bridgehead atoms. The van der Waals surface area contributed by atoms with Crippen molar-refractivity contribution >= 4 is 5.96 Å². The lowest BCUT2D eigenvalue weighted by atomic mass is 10.1. The second-order valence-electron chi connectivity index (χ2n) is 7.19. The summed E-state index contributed by atoms with van der Waals surface area (Å²) in [5, 5.41) is 6.86. The quantitative estimate of drug-likeness (QED) is 0.563. The van der Waals surface area contributed by atoms with Gasteiger partial charge in [-0.2, -0.15) is 0 Å². The molecule has 2 aromatic rings. The molecule has 0 aliphatic carbocycles. The molecule has 0 radical (unpaired) electrons. The molecule has 0 unspecified atom stereocenters. The van der Waals surface area contributed by atoms with Crippen molar-refractivity contribution in [2.24, 2.45) is 4.99 Å². The van der Waals surface area contributed by atoms with Gasteiger partial charge in [0.2, 0.25) is 5.89 Å². The molecule has 1 saturated heterocycles. The average Bonchev–Trinajstić information content (AvgIpc) is 3.20. The average molecular weight is 386 g/mol. The second-order valence-corrected chi connectivity index (χ2v) is 7.19. The number of aliphatic imine (C=N–C) groups is 1. The van der Waals surface area contributed by atoms with Gasteiger partial charge in [-0.3, -0.25) is 4.99 Å². The summed E-state index contributed by atoms with van der Waals surface area (Å²) in [5.74, 6) is 1.44. The fourth-order valence-electron chi connectivity index (χ4n) is 3.30. The molecule has 0 saturated carbocycles. The lowest BCUT2D eigenvalue weighted by Gasteiger charge is -2.32. The van der Waals surface area contributed by atoms with Crippen molar-refractivity contribution in [1.29, 1.82) is 0 Å².